The number of hydrogen-bond acceptors (Lipinski definition) is 5. The van der Waals surface area contributed by atoms with Crippen LogP contribution in [-0.4, -0.2) is 25.0 Å². The zero-order valence-corrected chi connectivity index (χ0v) is 13.7. The number of rotatable bonds is 4. The molecule has 2 N–H and O–H groups in total. The molecule has 2 unspecified atom stereocenters. The number of benzene rings is 1. The number of primary amides is 1. The minimum absolute atomic E-state index is 0.0768. The van der Waals surface area contributed by atoms with E-state index in [9.17, 15) is 9.59 Å². The molecule has 1 aromatic heterocycles. The van der Waals surface area contributed by atoms with Crippen molar-refractivity contribution >= 4 is 17.6 Å². The molecule has 0 saturated carbocycles. The fourth-order valence-corrected chi connectivity index (χ4v) is 3.30. The van der Waals surface area contributed by atoms with Crippen LogP contribution in [0.1, 0.15) is 40.9 Å². The Labute approximate surface area is 140 Å². The Bertz CT molecular complexity index is 768. The molecular formula is C18H20N2O4. The monoisotopic (exact) mass is 328 g/mol. The molecule has 24 heavy (non-hydrogen) atoms. The second-order valence-electron chi connectivity index (χ2n) is 5.98. The third kappa shape index (κ3) is 2.75. The summed E-state index contributed by atoms with van der Waals surface area (Å²) in [6.45, 7) is 2.45. The van der Waals surface area contributed by atoms with Crippen LogP contribution in [0.4, 0.5) is 5.69 Å². The summed E-state index contributed by atoms with van der Waals surface area (Å²) < 4.78 is 10.3. The maximum atomic E-state index is 11.8. The van der Waals surface area contributed by atoms with E-state index in [2.05, 4.69) is 4.90 Å². The van der Waals surface area contributed by atoms with Crippen LogP contribution < -0.4 is 10.6 Å². The molecule has 2 atom stereocenters. The summed E-state index contributed by atoms with van der Waals surface area (Å²) in [7, 11) is 1.34. The van der Waals surface area contributed by atoms with Crippen molar-refractivity contribution in [3.63, 3.8) is 0 Å². The fraction of sp³-hybridized carbons (Fsp3) is 0.333. The van der Waals surface area contributed by atoms with E-state index in [1.807, 2.05) is 31.2 Å². The lowest BCUT2D eigenvalue weighted by atomic mass is 9.85. The molecule has 0 saturated heterocycles. The van der Waals surface area contributed by atoms with Gasteiger partial charge in [0, 0.05) is 11.7 Å². The normalized spacial score (nSPS) is 19.7. The van der Waals surface area contributed by atoms with Crippen molar-refractivity contribution in [1.82, 2.24) is 0 Å². The minimum atomic E-state index is -0.424. The van der Waals surface area contributed by atoms with E-state index in [4.69, 9.17) is 14.9 Å². The Kier molecular flexibility index (Phi) is 4.29. The second-order valence-corrected chi connectivity index (χ2v) is 5.98. The van der Waals surface area contributed by atoms with Gasteiger partial charge in [-0.3, -0.25) is 4.79 Å². The maximum absolute atomic E-state index is 11.8. The summed E-state index contributed by atoms with van der Waals surface area (Å²) >= 11 is 0. The van der Waals surface area contributed by atoms with Gasteiger partial charge in [-0.05, 0) is 31.0 Å². The topological polar surface area (TPSA) is 85.8 Å². The highest BCUT2D eigenvalue weighted by molar-refractivity contribution is 5.90. The summed E-state index contributed by atoms with van der Waals surface area (Å²) in [6.07, 6.45) is 2.11. The Morgan fingerprint density at radius 1 is 1.33 bits per heavy atom. The van der Waals surface area contributed by atoms with Crippen molar-refractivity contribution in [2.45, 2.75) is 31.8 Å². The number of para-hydroxylation sites is 1. The number of furan rings is 1. The molecule has 1 aromatic carbocycles. The number of esters is 1. The van der Waals surface area contributed by atoms with Crippen LogP contribution >= 0.6 is 0 Å². The van der Waals surface area contributed by atoms with Crippen molar-refractivity contribution in [3.05, 3.63) is 53.5 Å². The van der Waals surface area contributed by atoms with E-state index in [-0.39, 0.29) is 17.9 Å². The number of carbonyl (C=O) groups excluding carboxylic acids is 2. The van der Waals surface area contributed by atoms with E-state index in [0.717, 1.165) is 11.3 Å². The predicted molar refractivity (Wildman–Crippen MR) is 88.7 cm³/mol. The number of fused-ring (bicyclic) bond motifs is 1. The molecule has 1 amide bonds. The number of nitrogens with two attached hydrogens (primary N) is 1. The lowest BCUT2D eigenvalue weighted by Crippen LogP contribution is -2.41. The van der Waals surface area contributed by atoms with Crippen molar-refractivity contribution < 1.29 is 18.7 Å². The van der Waals surface area contributed by atoms with Gasteiger partial charge < -0.3 is 19.8 Å². The maximum Gasteiger partial charge on any atom is 0.341 e. The molecule has 0 spiro atoms. The van der Waals surface area contributed by atoms with Gasteiger partial charge in [-0.2, -0.15) is 0 Å². The smallest absolute Gasteiger partial charge is 0.341 e. The van der Waals surface area contributed by atoms with Gasteiger partial charge in [0.25, 0.3) is 0 Å². The van der Waals surface area contributed by atoms with E-state index < -0.39 is 5.97 Å². The van der Waals surface area contributed by atoms with Gasteiger partial charge in [0.1, 0.15) is 11.3 Å². The van der Waals surface area contributed by atoms with Crippen LogP contribution in [0.15, 0.2) is 41.0 Å². The van der Waals surface area contributed by atoms with Crippen LogP contribution in [0.3, 0.4) is 0 Å². The molecular weight excluding hydrogens is 308 g/mol. The molecule has 2 aromatic rings. The first kappa shape index (κ1) is 16.1. The number of amides is 1. The molecule has 0 fully saturated rings. The Morgan fingerprint density at radius 2 is 2.08 bits per heavy atom. The third-order valence-electron chi connectivity index (χ3n) is 4.54. The standard InChI is InChI=1S/C18H20N2O4/c1-11-9-14(17(19)21)12-5-3-4-6-15(12)20(11)10-16-13(7-8-24-16)18(22)23-2/h3-8,11,14H,9-10H2,1-2H3,(H2,19,21). The van der Waals surface area contributed by atoms with Crippen molar-refractivity contribution in [3.8, 4) is 0 Å². The average Bonchev–Trinajstić information content (AvgIpc) is 3.04. The zero-order chi connectivity index (χ0) is 17.3. The molecule has 6 nitrogen and oxygen atoms in total. The SMILES string of the molecule is COC(=O)c1ccoc1CN1c2ccccc2C(C(N)=O)CC1C. The first-order valence-electron chi connectivity index (χ1n) is 7.82. The number of anilines is 1. The highest BCUT2D eigenvalue weighted by Gasteiger charge is 2.34. The molecule has 1 aliphatic heterocycles. The first-order chi connectivity index (χ1) is 11.5. The van der Waals surface area contributed by atoms with Crippen LogP contribution in [-0.2, 0) is 16.1 Å². The van der Waals surface area contributed by atoms with E-state index >= 15 is 0 Å². The number of nitrogens with zero attached hydrogens (tertiary/aromatic N) is 1. The van der Waals surface area contributed by atoms with Gasteiger partial charge in [-0.15, -0.1) is 0 Å². The van der Waals surface area contributed by atoms with Crippen LogP contribution in [0.2, 0.25) is 0 Å². The molecule has 6 heteroatoms. The predicted octanol–water partition coefficient (Wildman–Crippen LogP) is 2.43. The minimum Gasteiger partial charge on any atom is -0.467 e. The quantitative estimate of drug-likeness (QED) is 0.871. The highest BCUT2D eigenvalue weighted by Crippen LogP contribution is 2.39. The number of ether oxygens (including phenoxy) is 1. The average molecular weight is 328 g/mol. The molecule has 126 valence electrons. The lowest BCUT2D eigenvalue weighted by molar-refractivity contribution is -0.119. The third-order valence-corrected chi connectivity index (χ3v) is 4.54. The van der Waals surface area contributed by atoms with Crippen molar-refractivity contribution in [1.29, 1.82) is 0 Å². The lowest BCUT2D eigenvalue weighted by Gasteiger charge is -2.39. The number of methoxy groups -OCH3 is 1. The Balaban J connectivity index is 1.97. The first-order valence-corrected chi connectivity index (χ1v) is 7.82. The van der Waals surface area contributed by atoms with Crippen LogP contribution in [0.25, 0.3) is 0 Å². The zero-order valence-electron chi connectivity index (χ0n) is 13.7. The molecule has 1 aliphatic rings. The second kappa shape index (κ2) is 6.39. The van der Waals surface area contributed by atoms with Gasteiger partial charge in [-0.25, -0.2) is 4.79 Å². The summed E-state index contributed by atoms with van der Waals surface area (Å²) in [5.41, 5.74) is 7.84. The largest absolute Gasteiger partial charge is 0.467 e. The van der Waals surface area contributed by atoms with Gasteiger partial charge in [-0.1, -0.05) is 18.2 Å². The molecule has 0 aliphatic carbocycles. The number of carbonyl (C=O) groups is 2. The Hall–Kier alpha value is -2.76. The Morgan fingerprint density at radius 3 is 2.79 bits per heavy atom. The molecule has 2 heterocycles. The van der Waals surface area contributed by atoms with E-state index in [1.54, 1.807) is 6.07 Å². The molecule has 3 rings (SSSR count). The van der Waals surface area contributed by atoms with Crippen molar-refractivity contribution in [2.75, 3.05) is 12.0 Å². The van der Waals surface area contributed by atoms with Gasteiger partial charge in [0.2, 0.25) is 5.91 Å². The van der Waals surface area contributed by atoms with Crippen molar-refractivity contribution in [2.24, 2.45) is 5.73 Å². The van der Waals surface area contributed by atoms with Gasteiger partial charge >= 0.3 is 5.97 Å². The van der Waals surface area contributed by atoms with Crippen LogP contribution in [0.5, 0.6) is 0 Å². The summed E-state index contributed by atoms with van der Waals surface area (Å²) in [5.74, 6) is -0.501. The summed E-state index contributed by atoms with van der Waals surface area (Å²) in [5, 5.41) is 0. The summed E-state index contributed by atoms with van der Waals surface area (Å²) in [6, 6.07) is 9.39. The number of hydrogen-bond donors (Lipinski definition) is 1. The fourth-order valence-electron chi connectivity index (χ4n) is 3.30. The van der Waals surface area contributed by atoms with Crippen LogP contribution in [0, 0.1) is 0 Å². The molecule has 0 bridgehead atoms. The summed E-state index contributed by atoms with van der Waals surface area (Å²) in [4.78, 5) is 25.8. The highest BCUT2D eigenvalue weighted by atomic mass is 16.5. The van der Waals surface area contributed by atoms with E-state index in [1.165, 1.54) is 13.4 Å². The van der Waals surface area contributed by atoms with Gasteiger partial charge in [0.15, 0.2) is 0 Å². The molecule has 0 radical (unpaired) electrons. The van der Waals surface area contributed by atoms with Gasteiger partial charge in [0.05, 0.1) is 25.8 Å². The van der Waals surface area contributed by atoms with E-state index in [0.29, 0.717) is 24.3 Å².